The average molecular weight is 349 g/mol. The van der Waals surface area contributed by atoms with Crippen LogP contribution in [0.3, 0.4) is 0 Å². The van der Waals surface area contributed by atoms with E-state index in [0.29, 0.717) is 21.4 Å². The van der Waals surface area contributed by atoms with Crippen LogP contribution >= 0.6 is 46.3 Å². The molecule has 0 radical (unpaired) electrons. The number of anilines is 1. The zero-order valence-corrected chi connectivity index (χ0v) is 13.8. The molecule has 0 aliphatic heterocycles. The molecule has 2 heterocycles. The van der Waals surface area contributed by atoms with E-state index >= 15 is 0 Å². The van der Waals surface area contributed by atoms with E-state index < -0.39 is 0 Å². The van der Waals surface area contributed by atoms with Gasteiger partial charge < -0.3 is 5.32 Å². The van der Waals surface area contributed by atoms with Crippen molar-refractivity contribution in [2.75, 3.05) is 11.1 Å². The zero-order chi connectivity index (χ0) is 14.7. The maximum Gasteiger partial charge on any atom is 0.236 e. The van der Waals surface area contributed by atoms with Gasteiger partial charge in [-0.3, -0.25) is 4.79 Å². The third-order valence-electron chi connectivity index (χ3n) is 2.29. The van der Waals surface area contributed by atoms with Crippen molar-refractivity contribution in [3.8, 4) is 0 Å². The van der Waals surface area contributed by atoms with Gasteiger partial charge in [0.15, 0.2) is 10.2 Å². The second-order valence-electron chi connectivity index (χ2n) is 3.82. The minimum atomic E-state index is -0.209. The minimum Gasteiger partial charge on any atom is -0.309 e. The summed E-state index contributed by atoms with van der Waals surface area (Å²) in [6.45, 7) is 3.63. The molecule has 5 nitrogen and oxygen atoms in total. The molecule has 0 bridgehead atoms. The molecule has 2 rings (SSSR count). The Labute approximate surface area is 134 Å². The van der Waals surface area contributed by atoms with Gasteiger partial charge in [-0.05, 0) is 19.4 Å². The minimum absolute atomic E-state index is 0.209. The normalized spacial score (nSPS) is 10.6. The van der Waals surface area contributed by atoms with Crippen LogP contribution in [0, 0.1) is 13.8 Å². The van der Waals surface area contributed by atoms with E-state index in [1.807, 2.05) is 6.92 Å². The Morgan fingerprint density at radius 1 is 1.40 bits per heavy atom. The van der Waals surface area contributed by atoms with E-state index in [2.05, 4.69) is 20.5 Å². The first-order chi connectivity index (χ1) is 9.47. The molecular weight excluding hydrogens is 339 g/mol. The molecule has 0 aromatic carbocycles. The number of pyridine rings is 1. The Kier molecular flexibility index (Phi) is 5.20. The van der Waals surface area contributed by atoms with Gasteiger partial charge in [-0.15, -0.1) is 10.2 Å². The molecule has 0 saturated heterocycles. The second-order valence-corrected chi connectivity index (χ2v) is 7.01. The van der Waals surface area contributed by atoms with Crippen molar-refractivity contribution in [3.05, 3.63) is 26.8 Å². The molecule has 0 fully saturated rings. The van der Waals surface area contributed by atoms with E-state index in [0.717, 1.165) is 9.35 Å². The molecule has 0 aliphatic carbocycles. The average Bonchev–Trinajstić information content (AvgIpc) is 2.83. The first kappa shape index (κ1) is 15.5. The van der Waals surface area contributed by atoms with Crippen LogP contribution in [-0.2, 0) is 4.79 Å². The van der Waals surface area contributed by atoms with Crippen LogP contribution in [0.15, 0.2) is 10.5 Å². The number of carbonyl (C=O) groups is 1. The van der Waals surface area contributed by atoms with Crippen LogP contribution in [0.1, 0.15) is 10.6 Å². The highest BCUT2D eigenvalue weighted by Gasteiger charge is 2.12. The molecule has 2 aromatic heterocycles. The standard InChI is InChI=1S/C11H10Cl2N4OS2/c1-5-7(12)3-14-10(9(5)13)15-8(18)4-19-11-17-16-6(2)20-11/h3H,4H2,1-2H3,(H,14,15,18). The quantitative estimate of drug-likeness (QED) is 0.855. The number of rotatable bonds is 4. The van der Waals surface area contributed by atoms with Gasteiger partial charge in [-0.1, -0.05) is 46.3 Å². The lowest BCUT2D eigenvalue weighted by Gasteiger charge is -2.08. The monoisotopic (exact) mass is 348 g/mol. The van der Waals surface area contributed by atoms with Crippen LogP contribution < -0.4 is 5.32 Å². The summed E-state index contributed by atoms with van der Waals surface area (Å²) in [5.41, 5.74) is 0.686. The van der Waals surface area contributed by atoms with Gasteiger partial charge in [-0.2, -0.15) is 0 Å². The molecular formula is C11H10Cl2N4OS2. The van der Waals surface area contributed by atoms with Gasteiger partial charge >= 0.3 is 0 Å². The number of carbonyl (C=O) groups excluding carboxylic acids is 1. The van der Waals surface area contributed by atoms with Crippen LogP contribution in [0.2, 0.25) is 10.0 Å². The highest BCUT2D eigenvalue weighted by atomic mass is 35.5. The largest absolute Gasteiger partial charge is 0.309 e. The number of halogens is 2. The van der Waals surface area contributed by atoms with Crippen LogP contribution in [0.5, 0.6) is 0 Å². The molecule has 106 valence electrons. The number of aromatic nitrogens is 3. The van der Waals surface area contributed by atoms with Gasteiger partial charge in [0.05, 0.1) is 15.8 Å². The highest BCUT2D eigenvalue weighted by Crippen LogP contribution is 2.29. The number of aryl methyl sites for hydroxylation is 1. The summed E-state index contributed by atoms with van der Waals surface area (Å²) in [5, 5.41) is 12.1. The molecule has 1 amide bonds. The van der Waals surface area contributed by atoms with Gasteiger partial charge in [0.2, 0.25) is 5.91 Å². The summed E-state index contributed by atoms with van der Waals surface area (Å²) in [4.78, 5) is 15.8. The summed E-state index contributed by atoms with van der Waals surface area (Å²) in [6, 6.07) is 0. The maximum absolute atomic E-state index is 11.8. The summed E-state index contributed by atoms with van der Waals surface area (Å²) < 4.78 is 0.754. The molecule has 0 unspecified atom stereocenters. The lowest BCUT2D eigenvalue weighted by Crippen LogP contribution is -2.15. The maximum atomic E-state index is 11.8. The highest BCUT2D eigenvalue weighted by molar-refractivity contribution is 8.01. The van der Waals surface area contributed by atoms with Gasteiger partial charge in [0.1, 0.15) is 5.01 Å². The van der Waals surface area contributed by atoms with E-state index in [1.54, 1.807) is 6.92 Å². The Bertz CT molecular complexity index is 647. The smallest absolute Gasteiger partial charge is 0.236 e. The summed E-state index contributed by atoms with van der Waals surface area (Å²) in [6.07, 6.45) is 1.46. The number of hydrogen-bond acceptors (Lipinski definition) is 6. The lowest BCUT2D eigenvalue weighted by molar-refractivity contribution is -0.113. The number of thioether (sulfide) groups is 1. The molecule has 2 aromatic rings. The predicted octanol–water partition coefficient (Wildman–Crippen LogP) is 3.59. The van der Waals surface area contributed by atoms with Crippen molar-refractivity contribution in [2.45, 2.75) is 18.2 Å². The molecule has 9 heteroatoms. The van der Waals surface area contributed by atoms with Crippen molar-refractivity contribution >= 4 is 58.0 Å². The number of hydrogen-bond donors (Lipinski definition) is 1. The third kappa shape index (κ3) is 3.82. The summed E-state index contributed by atoms with van der Waals surface area (Å²) in [5.74, 6) is 0.320. The summed E-state index contributed by atoms with van der Waals surface area (Å²) in [7, 11) is 0. The molecule has 0 aliphatic rings. The van der Waals surface area contributed by atoms with E-state index in [4.69, 9.17) is 23.2 Å². The fourth-order valence-corrected chi connectivity index (χ4v) is 3.28. The van der Waals surface area contributed by atoms with Crippen LogP contribution in [-0.4, -0.2) is 26.8 Å². The van der Waals surface area contributed by atoms with Gasteiger partial charge in [-0.25, -0.2) is 4.98 Å². The first-order valence-electron chi connectivity index (χ1n) is 5.50. The van der Waals surface area contributed by atoms with Crippen molar-refractivity contribution in [2.24, 2.45) is 0 Å². The van der Waals surface area contributed by atoms with E-state index in [9.17, 15) is 4.79 Å². The fourth-order valence-electron chi connectivity index (χ4n) is 1.28. The number of nitrogens with one attached hydrogen (secondary N) is 1. The first-order valence-corrected chi connectivity index (χ1v) is 8.06. The Balaban J connectivity index is 1.96. The molecule has 0 saturated carbocycles. The van der Waals surface area contributed by atoms with Crippen molar-refractivity contribution in [1.82, 2.24) is 15.2 Å². The molecule has 20 heavy (non-hydrogen) atoms. The topological polar surface area (TPSA) is 67.8 Å². The Morgan fingerprint density at radius 3 is 2.80 bits per heavy atom. The Morgan fingerprint density at radius 2 is 2.15 bits per heavy atom. The van der Waals surface area contributed by atoms with Crippen molar-refractivity contribution in [3.63, 3.8) is 0 Å². The van der Waals surface area contributed by atoms with Crippen LogP contribution in [0.25, 0.3) is 0 Å². The molecule has 1 N–H and O–H groups in total. The molecule has 0 atom stereocenters. The second kappa shape index (κ2) is 6.71. The fraction of sp³-hybridized carbons (Fsp3) is 0.273. The van der Waals surface area contributed by atoms with Crippen molar-refractivity contribution in [1.29, 1.82) is 0 Å². The number of amides is 1. The summed E-state index contributed by atoms with van der Waals surface area (Å²) >= 11 is 14.7. The third-order valence-corrected chi connectivity index (χ3v) is 5.11. The van der Waals surface area contributed by atoms with E-state index in [-0.39, 0.29) is 11.7 Å². The Hall–Kier alpha value is -0.890. The van der Waals surface area contributed by atoms with Gasteiger partial charge in [0.25, 0.3) is 0 Å². The zero-order valence-electron chi connectivity index (χ0n) is 10.6. The molecule has 0 spiro atoms. The number of nitrogens with zero attached hydrogens (tertiary/aromatic N) is 3. The predicted molar refractivity (Wildman–Crippen MR) is 83.0 cm³/mol. The van der Waals surface area contributed by atoms with E-state index in [1.165, 1.54) is 29.3 Å². The lowest BCUT2D eigenvalue weighted by atomic mass is 10.3. The van der Waals surface area contributed by atoms with Gasteiger partial charge in [0, 0.05) is 6.20 Å². The SMILES string of the molecule is Cc1nnc(SCC(=O)Nc2ncc(Cl)c(C)c2Cl)s1. The van der Waals surface area contributed by atoms with Crippen LogP contribution in [0.4, 0.5) is 5.82 Å². The van der Waals surface area contributed by atoms with Crippen molar-refractivity contribution < 1.29 is 4.79 Å².